The van der Waals surface area contributed by atoms with Crippen molar-refractivity contribution in [1.29, 1.82) is 0 Å². The van der Waals surface area contributed by atoms with Crippen LogP contribution >= 0.6 is 0 Å². The number of hydrogen-bond acceptors (Lipinski definition) is 9. The van der Waals surface area contributed by atoms with Crippen molar-refractivity contribution >= 4 is 22.7 Å². The van der Waals surface area contributed by atoms with Crippen LogP contribution in [0.1, 0.15) is 25.3 Å². The number of halogens is 3. The van der Waals surface area contributed by atoms with Crippen LogP contribution in [0.2, 0.25) is 0 Å². The summed E-state index contributed by atoms with van der Waals surface area (Å²) in [6, 6.07) is 3.65. The zero-order chi connectivity index (χ0) is 27.9. The van der Waals surface area contributed by atoms with Gasteiger partial charge in [-0.1, -0.05) is 0 Å². The van der Waals surface area contributed by atoms with Gasteiger partial charge in [-0.05, 0) is 37.5 Å². The monoisotopic (exact) mass is 542 g/mol. The first-order valence-corrected chi connectivity index (χ1v) is 12.4. The van der Waals surface area contributed by atoms with Crippen molar-refractivity contribution in [3.05, 3.63) is 54.2 Å². The van der Waals surface area contributed by atoms with Crippen molar-refractivity contribution < 1.29 is 23.0 Å². The first-order valence-electron chi connectivity index (χ1n) is 12.4. The molecule has 4 aromatic rings. The standard InChI is InChI=1S/C26H29F3N8O2/c1-14(27)23(38)26(31)4-3-5-36(11-26)20-9-32-19(16-7-18(29)21(39-2)8-17(16)28)6-15(20)10-37-13-35-22-24(30)33-12-34-25(22)37/h6-9,12-14,23,38H,3-5,10-11,31H2,1-2H3,(H2,30,33,34)/t14?,23-,26-/m1/s1. The molecule has 206 valence electrons. The molecule has 13 heteroatoms. The number of nitrogen functional groups attached to an aromatic ring is 1. The second kappa shape index (κ2) is 10.3. The van der Waals surface area contributed by atoms with Gasteiger partial charge in [-0.15, -0.1) is 0 Å². The Kier molecular flexibility index (Phi) is 7.03. The Hall–Kier alpha value is -3.97. The maximum atomic E-state index is 15.0. The van der Waals surface area contributed by atoms with Crippen molar-refractivity contribution in [2.45, 2.75) is 44.1 Å². The van der Waals surface area contributed by atoms with Gasteiger partial charge in [0, 0.05) is 24.7 Å². The molecule has 0 radical (unpaired) electrons. The molecule has 0 saturated carbocycles. The summed E-state index contributed by atoms with van der Waals surface area (Å²) in [7, 11) is 1.26. The molecule has 0 spiro atoms. The molecule has 0 aliphatic carbocycles. The van der Waals surface area contributed by atoms with E-state index in [4.69, 9.17) is 16.2 Å². The summed E-state index contributed by atoms with van der Waals surface area (Å²) in [5.41, 5.74) is 13.6. The van der Waals surface area contributed by atoms with E-state index >= 15 is 0 Å². The van der Waals surface area contributed by atoms with Crippen molar-refractivity contribution in [1.82, 2.24) is 24.5 Å². The summed E-state index contributed by atoms with van der Waals surface area (Å²) in [6.07, 6.45) is 2.62. The molecule has 39 heavy (non-hydrogen) atoms. The number of rotatable bonds is 7. The highest BCUT2D eigenvalue weighted by Crippen LogP contribution is 2.34. The maximum absolute atomic E-state index is 15.0. The molecule has 3 atom stereocenters. The van der Waals surface area contributed by atoms with E-state index in [0.29, 0.717) is 41.8 Å². The van der Waals surface area contributed by atoms with Crippen LogP contribution in [0.4, 0.5) is 24.7 Å². The number of aromatic nitrogens is 5. The van der Waals surface area contributed by atoms with Crippen LogP contribution in [-0.4, -0.2) is 67.6 Å². The van der Waals surface area contributed by atoms with Crippen molar-refractivity contribution in [3.8, 4) is 17.0 Å². The zero-order valence-electron chi connectivity index (χ0n) is 21.5. The molecule has 10 nitrogen and oxygen atoms in total. The van der Waals surface area contributed by atoms with Gasteiger partial charge >= 0.3 is 0 Å². The third kappa shape index (κ3) is 4.94. The number of fused-ring (bicyclic) bond motifs is 1. The van der Waals surface area contributed by atoms with Crippen LogP contribution in [-0.2, 0) is 6.54 Å². The van der Waals surface area contributed by atoms with Gasteiger partial charge in [0.15, 0.2) is 23.0 Å². The summed E-state index contributed by atoms with van der Waals surface area (Å²) in [6.45, 7) is 2.24. The summed E-state index contributed by atoms with van der Waals surface area (Å²) in [5.74, 6) is -1.42. The van der Waals surface area contributed by atoms with Crippen LogP contribution in [0.15, 0.2) is 37.1 Å². The maximum Gasteiger partial charge on any atom is 0.165 e. The number of anilines is 2. The molecule has 1 unspecified atom stereocenters. The summed E-state index contributed by atoms with van der Waals surface area (Å²) in [4.78, 5) is 18.9. The van der Waals surface area contributed by atoms with Crippen molar-refractivity contribution in [3.63, 3.8) is 0 Å². The number of hydrogen-bond donors (Lipinski definition) is 3. The number of methoxy groups -OCH3 is 1. The predicted octanol–water partition coefficient (Wildman–Crippen LogP) is 2.82. The Morgan fingerprint density at radius 2 is 1.95 bits per heavy atom. The van der Waals surface area contributed by atoms with E-state index in [1.807, 2.05) is 4.90 Å². The third-order valence-corrected chi connectivity index (χ3v) is 7.17. The second-order valence-corrected chi connectivity index (χ2v) is 9.85. The van der Waals surface area contributed by atoms with E-state index in [0.717, 1.165) is 12.1 Å². The van der Waals surface area contributed by atoms with E-state index in [1.54, 1.807) is 23.2 Å². The number of nitrogens with zero attached hydrogens (tertiary/aromatic N) is 6. The topological polar surface area (TPSA) is 141 Å². The number of nitrogens with two attached hydrogens (primary N) is 2. The fourth-order valence-corrected chi connectivity index (χ4v) is 5.14. The predicted molar refractivity (Wildman–Crippen MR) is 140 cm³/mol. The molecule has 5 rings (SSSR count). The quantitative estimate of drug-likeness (QED) is 0.321. The number of ether oxygens (including phenoxy) is 1. The zero-order valence-corrected chi connectivity index (χ0v) is 21.5. The lowest BCUT2D eigenvalue weighted by Gasteiger charge is -2.44. The molecule has 1 aromatic carbocycles. The van der Waals surface area contributed by atoms with Crippen LogP contribution < -0.4 is 21.1 Å². The average molecular weight is 543 g/mol. The normalized spacial score (nSPS) is 19.3. The minimum absolute atomic E-state index is 0.0448. The molecular formula is C26H29F3N8O2. The van der Waals surface area contributed by atoms with Crippen LogP contribution in [0.25, 0.3) is 22.4 Å². The largest absolute Gasteiger partial charge is 0.494 e. The highest BCUT2D eigenvalue weighted by Gasteiger charge is 2.41. The number of benzene rings is 1. The Morgan fingerprint density at radius 1 is 1.15 bits per heavy atom. The average Bonchev–Trinajstić information content (AvgIpc) is 3.33. The highest BCUT2D eigenvalue weighted by molar-refractivity contribution is 5.81. The number of aliphatic hydroxyl groups is 1. The Balaban J connectivity index is 1.60. The van der Waals surface area contributed by atoms with E-state index < -0.39 is 29.4 Å². The molecule has 1 saturated heterocycles. The van der Waals surface area contributed by atoms with Crippen molar-refractivity contribution in [2.75, 3.05) is 30.8 Å². The third-order valence-electron chi connectivity index (χ3n) is 7.17. The molecule has 5 N–H and O–H groups in total. The molecule has 0 amide bonds. The molecule has 0 bridgehead atoms. The van der Waals surface area contributed by atoms with Crippen molar-refractivity contribution in [2.24, 2.45) is 5.73 Å². The number of aliphatic hydroxyl groups excluding tert-OH is 1. The lowest BCUT2D eigenvalue weighted by atomic mass is 9.82. The summed E-state index contributed by atoms with van der Waals surface area (Å²) < 4.78 is 50.2. The van der Waals surface area contributed by atoms with Gasteiger partial charge in [-0.25, -0.2) is 28.1 Å². The number of alkyl halides is 1. The van der Waals surface area contributed by atoms with E-state index in [-0.39, 0.29) is 35.9 Å². The molecule has 4 heterocycles. The van der Waals surface area contributed by atoms with E-state index in [1.165, 1.54) is 20.4 Å². The minimum atomic E-state index is -1.51. The Bertz CT molecular complexity index is 1510. The second-order valence-electron chi connectivity index (χ2n) is 9.85. The number of imidazole rings is 1. The van der Waals surface area contributed by atoms with Crippen LogP contribution in [0.5, 0.6) is 5.75 Å². The van der Waals surface area contributed by atoms with Gasteiger partial charge in [0.05, 0.1) is 43.1 Å². The van der Waals surface area contributed by atoms with Crippen LogP contribution in [0, 0.1) is 11.6 Å². The Labute approximate surface area is 222 Å². The lowest BCUT2D eigenvalue weighted by Crippen LogP contribution is -2.63. The first kappa shape index (κ1) is 26.6. The molecular weight excluding hydrogens is 513 g/mol. The van der Waals surface area contributed by atoms with Gasteiger partial charge < -0.3 is 30.8 Å². The smallest absolute Gasteiger partial charge is 0.165 e. The number of pyridine rings is 1. The fourth-order valence-electron chi connectivity index (χ4n) is 5.14. The SMILES string of the molecule is COc1cc(F)c(-c2cc(Cn3cnc4c(N)ncnc43)c(N3CCC[C@](N)([C@H](O)C(C)F)C3)cn2)cc1F. The molecule has 1 aliphatic heterocycles. The lowest BCUT2D eigenvalue weighted by molar-refractivity contribution is 0.0139. The fraction of sp³-hybridized carbons (Fsp3) is 0.385. The van der Waals surface area contributed by atoms with E-state index in [9.17, 15) is 18.3 Å². The number of piperidine rings is 1. The van der Waals surface area contributed by atoms with Gasteiger partial charge in [-0.2, -0.15) is 0 Å². The van der Waals surface area contributed by atoms with Gasteiger partial charge in [0.25, 0.3) is 0 Å². The van der Waals surface area contributed by atoms with Gasteiger partial charge in [-0.3, -0.25) is 4.98 Å². The summed E-state index contributed by atoms with van der Waals surface area (Å²) >= 11 is 0. The van der Waals surface area contributed by atoms with Gasteiger partial charge in [0.1, 0.15) is 29.9 Å². The molecule has 3 aromatic heterocycles. The van der Waals surface area contributed by atoms with E-state index in [2.05, 4.69) is 19.9 Å². The summed E-state index contributed by atoms with van der Waals surface area (Å²) in [5, 5.41) is 10.5. The van der Waals surface area contributed by atoms with Gasteiger partial charge in [0.2, 0.25) is 0 Å². The minimum Gasteiger partial charge on any atom is -0.494 e. The molecule has 1 aliphatic rings. The van der Waals surface area contributed by atoms with Crippen LogP contribution in [0.3, 0.4) is 0 Å². The molecule has 1 fully saturated rings. The first-order chi connectivity index (χ1) is 18.6. The Morgan fingerprint density at radius 3 is 2.69 bits per heavy atom. The highest BCUT2D eigenvalue weighted by atomic mass is 19.1.